The second-order valence-corrected chi connectivity index (χ2v) is 10.0. The molecule has 3 amide bonds. The van der Waals surface area contributed by atoms with Gasteiger partial charge in [-0.25, -0.2) is 9.18 Å². The molecule has 0 saturated carbocycles. The molecule has 4 rings (SSSR count). The summed E-state index contributed by atoms with van der Waals surface area (Å²) in [5.41, 5.74) is 2.38. The molecule has 0 aliphatic rings. The molecule has 0 aliphatic heterocycles. The van der Waals surface area contributed by atoms with Crippen molar-refractivity contribution >= 4 is 34.6 Å². The Morgan fingerprint density at radius 3 is 2.51 bits per heavy atom. The van der Waals surface area contributed by atoms with E-state index < -0.39 is 35.7 Å². The Bertz CT molecular complexity index is 1620. The van der Waals surface area contributed by atoms with Gasteiger partial charge >= 0.3 is 5.97 Å². The van der Waals surface area contributed by atoms with Gasteiger partial charge in [-0.3, -0.25) is 14.4 Å². The zero-order valence-electron chi connectivity index (χ0n) is 24.1. The van der Waals surface area contributed by atoms with Crippen molar-refractivity contribution in [3.63, 3.8) is 0 Å². The number of unbranched alkanes of at least 4 members (excludes halogenated alkanes) is 1. The molecular weight excluding hydrogens is 557 g/mol. The minimum atomic E-state index is -1.11. The molecule has 0 unspecified atom stereocenters. The molecule has 2 heterocycles. The molecule has 2 aromatic heterocycles. The summed E-state index contributed by atoms with van der Waals surface area (Å²) in [7, 11) is 1.23. The fourth-order valence-corrected chi connectivity index (χ4v) is 4.78. The summed E-state index contributed by atoms with van der Waals surface area (Å²) >= 11 is 0. The smallest absolute Gasteiger partial charge is 0.328 e. The first-order valence-electron chi connectivity index (χ1n) is 13.8. The molecule has 2 atom stereocenters. The number of nitrogens with one attached hydrogen (secondary N) is 4. The number of methoxy groups -OCH3 is 1. The lowest BCUT2D eigenvalue weighted by Gasteiger charge is -2.22. The van der Waals surface area contributed by atoms with Crippen LogP contribution in [0.4, 0.5) is 4.39 Å². The van der Waals surface area contributed by atoms with Crippen molar-refractivity contribution in [2.24, 2.45) is 0 Å². The third kappa shape index (κ3) is 8.03. The Labute approximate surface area is 247 Å². The molecule has 0 aliphatic carbocycles. The highest BCUT2D eigenvalue weighted by Crippen LogP contribution is 2.27. The van der Waals surface area contributed by atoms with Gasteiger partial charge in [-0.15, -0.1) is 9.90 Å². The number of aromatic nitrogens is 4. The predicted octanol–water partition coefficient (Wildman–Crippen LogP) is 2.57. The monoisotopic (exact) mass is 591 g/mol. The van der Waals surface area contributed by atoms with Crippen LogP contribution in [0.5, 0.6) is 0 Å². The number of benzene rings is 2. The molecule has 12 nitrogen and oxygen atoms in total. The van der Waals surface area contributed by atoms with E-state index in [-0.39, 0.29) is 12.3 Å². The minimum absolute atomic E-state index is 0.0178. The second kappa shape index (κ2) is 14.2. The molecule has 0 bridgehead atoms. The molecular formula is C30H34FN7O5. The first kappa shape index (κ1) is 30.9. The van der Waals surface area contributed by atoms with Crippen molar-refractivity contribution < 1.29 is 28.3 Å². The van der Waals surface area contributed by atoms with Crippen LogP contribution in [0.25, 0.3) is 28.0 Å². The van der Waals surface area contributed by atoms with Crippen LogP contribution in [0, 0.1) is 5.82 Å². The largest absolute Gasteiger partial charge is 0.467 e. The number of hydrogen-bond acceptors (Lipinski definition) is 7. The fourth-order valence-electron chi connectivity index (χ4n) is 4.78. The zero-order valence-corrected chi connectivity index (χ0v) is 24.1. The van der Waals surface area contributed by atoms with E-state index in [0.29, 0.717) is 48.4 Å². The molecule has 4 aromatic rings. The summed E-state index contributed by atoms with van der Waals surface area (Å²) in [6.07, 6.45) is 2.98. The van der Waals surface area contributed by atoms with Gasteiger partial charge in [-0.2, -0.15) is 5.10 Å². The van der Waals surface area contributed by atoms with Crippen LogP contribution in [0.15, 0.2) is 54.7 Å². The van der Waals surface area contributed by atoms with Crippen LogP contribution in [0.1, 0.15) is 38.7 Å². The van der Waals surface area contributed by atoms with Gasteiger partial charge in [0, 0.05) is 48.8 Å². The number of esters is 1. The average molecular weight is 592 g/mol. The van der Waals surface area contributed by atoms with Gasteiger partial charge in [0.1, 0.15) is 23.6 Å². The third-order valence-corrected chi connectivity index (χ3v) is 6.80. The topological polar surface area (TPSA) is 160 Å². The van der Waals surface area contributed by atoms with Gasteiger partial charge in [0.05, 0.1) is 13.3 Å². The van der Waals surface area contributed by atoms with Gasteiger partial charge in [-0.05, 0) is 37.5 Å². The number of ether oxygens (including phenoxy) is 1. The van der Waals surface area contributed by atoms with Gasteiger partial charge in [0.15, 0.2) is 5.82 Å². The Balaban J connectivity index is 1.60. The van der Waals surface area contributed by atoms with E-state index in [4.69, 9.17) is 4.74 Å². The van der Waals surface area contributed by atoms with E-state index in [1.54, 1.807) is 12.1 Å². The van der Waals surface area contributed by atoms with E-state index in [1.807, 2.05) is 24.3 Å². The van der Waals surface area contributed by atoms with E-state index in [1.165, 1.54) is 44.1 Å². The summed E-state index contributed by atoms with van der Waals surface area (Å²) < 4.78 is 18.8. The van der Waals surface area contributed by atoms with E-state index in [2.05, 4.69) is 31.1 Å². The van der Waals surface area contributed by atoms with Crippen LogP contribution in [0.3, 0.4) is 0 Å². The number of para-hydroxylation sites is 1. The number of amides is 3. The standard InChI is InChI=1S/C30H34FN7O5/c1-18(39)32-14-7-6-13-25(34-19(2)40)29(41)36-26(30(42)43-3)16-23-22-11-4-5-12-24(22)35-28(23)38-33-17-27(37-38)20-9-8-10-21(31)15-20/h4-5,8-12,15,17,25-26,35H,6-7,13-14,16H2,1-3H3,(H,32,39)(H,34,40)(H,36,41)/t25-,26-/m0/s1. The number of H-pyrrole nitrogens is 1. The van der Waals surface area contributed by atoms with E-state index in [0.717, 1.165) is 10.9 Å². The third-order valence-electron chi connectivity index (χ3n) is 6.80. The SMILES string of the molecule is COC(=O)[C@H](Cc1c(-n2ncc(-c3cccc(F)c3)n2)[nH]c2ccccc12)NC(=O)[C@H](CCCCNC(C)=O)NC(C)=O. The van der Waals surface area contributed by atoms with Gasteiger partial charge in [0.25, 0.3) is 0 Å². The quantitative estimate of drug-likeness (QED) is 0.137. The summed E-state index contributed by atoms with van der Waals surface area (Å²) in [5, 5.41) is 17.8. The summed E-state index contributed by atoms with van der Waals surface area (Å²) in [5.74, 6) is -1.70. The number of carbonyl (C=O) groups excluding carboxylic acids is 4. The predicted molar refractivity (Wildman–Crippen MR) is 156 cm³/mol. The van der Waals surface area contributed by atoms with Crippen molar-refractivity contribution in [2.45, 2.75) is 51.6 Å². The summed E-state index contributed by atoms with van der Waals surface area (Å²) in [4.78, 5) is 53.9. The Morgan fingerprint density at radius 1 is 1.00 bits per heavy atom. The summed E-state index contributed by atoms with van der Waals surface area (Å²) in [6.45, 7) is 3.18. The maximum atomic E-state index is 13.8. The van der Waals surface area contributed by atoms with Crippen LogP contribution in [-0.4, -0.2) is 69.4 Å². The lowest BCUT2D eigenvalue weighted by Crippen LogP contribution is -2.52. The first-order chi connectivity index (χ1) is 20.7. The van der Waals surface area contributed by atoms with Crippen molar-refractivity contribution in [1.82, 2.24) is 35.9 Å². The molecule has 4 N–H and O–H groups in total. The highest BCUT2D eigenvalue weighted by Gasteiger charge is 2.29. The lowest BCUT2D eigenvalue weighted by atomic mass is 10.0. The van der Waals surface area contributed by atoms with Crippen molar-refractivity contribution in [2.75, 3.05) is 13.7 Å². The molecule has 226 valence electrons. The second-order valence-electron chi connectivity index (χ2n) is 10.0. The molecule has 0 radical (unpaired) electrons. The highest BCUT2D eigenvalue weighted by molar-refractivity contribution is 5.92. The number of carbonyl (C=O) groups is 4. The Hall–Kier alpha value is -5.07. The van der Waals surface area contributed by atoms with Crippen molar-refractivity contribution in [3.05, 3.63) is 66.1 Å². The van der Waals surface area contributed by atoms with Crippen molar-refractivity contribution in [1.29, 1.82) is 0 Å². The number of fused-ring (bicyclic) bond motifs is 1. The maximum Gasteiger partial charge on any atom is 0.328 e. The number of rotatable bonds is 13. The van der Waals surface area contributed by atoms with Crippen LogP contribution >= 0.6 is 0 Å². The Kier molecular flexibility index (Phi) is 10.2. The van der Waals surface area contributed by atoms with E-state index in [9.17, 15) is 23.6 Å². The fraction of sp³-hybridized carbons (Fsp3) is 0.333. The van der Waals surface area contributed by atoms with Crippen LogP contribution < -0.4 is 16.0 Å². The van der Waals surface area contributed by atoms with Gasteiger partial charge < -0.3 is 25.7 Å². The number of nitrogens with zero attached hydrogens (tertiary/aromatic N) is 3. The Morgan fingerprint density at radius 2 is 1.79 bits per heavy atom. The highest BCUT2D eigenvalue weighted by atomic mass is 19.1. The zero-order chi connectivity index (χ0) is 30.9. The number of hydrogen-bond donors (Lipinski definition) is 4. The lowest BCUT2D eigenvalue weighted by molar-refractivity contribution is -0.145. The molecule has 0 fully saturated rings. The van der Waals surface area contributed by atoms with Crippen molar-refractivity contribution in [3.8, 4) is 17.1 Å². The minimum Gasteiger partial charge on any atom is -0.467 e. The van der Waals surface area contributed by atoms with E-state index >= 15 is 0 Å². The van der Waals surface area contributed by atoms with Crippen LogP contribution in [0.2, 0.25) is 0 Å². The molecule has 43 heavy (non-hydrogen) atoms. The first-order valence-corrected chi connectivity index (χ1v) is 13.8. The normalized spacial score (nSPS) is 12.4. The van der Waals surface area contributed by atoms with Gasteiger partial charge in [-0.1, -0.05) is 30.3 Å². The molecule has 2 aromatic carbocycles. The van der Waals surface area contributed by atoms with Gasteiger partial charge in [0.2, 0.25) is 17.7 Å². The molecule has 13 heteroatoms. The number of halogens is 1. The number of aromatic amines is 1. The summed E-state index contributed by atoms with van der Waals surface area (Å²) in [6, 6.07) is 11.4. The molecule has 0 spiro atoms. The average Bonchev–Trinajstić information content (AvgIpc) is 3.60. The molecule has 0 saturated heterocycles. The maximum absolute atomic E-state index is 13.8. The van der Waals surface area contributed by atoms with Crippen LogP contribution in [-0.2, 0) is 30.3 Å².